The van der Waals surface area contributed by atoms with E-state index in [9.17, 15) is 9.90 Å². The van der Waals surface area contributed by atoms with E-state index in [2.05, 4.69) is 0 Å². The first kappa shape index (κ1) is 14.8. The van der Waals surface area contributed by atoms with Gasteiger partial charge in [0, 0.05) is 45.2 Å². The number of likely N-dealkylation sites (N-methyl/N-ethyl adjacent to an activating group) is 1. The summed E-state index contributed by atoms with van der Waals surface area (Å²) in [5.41, 5.74) is -0.251. The Balaban J connectivity index is 2.00. The molecule has 0 saturated carbocycles. The number of benzene rings is 1. The van der Waals surface area contributed by atoms with Crippen molar-refractivity contribution in [3.05, 3.63) is 29.8 Å². The van der Waals surface area contributed by atoms with Crippen LogP contribution in [0, 0.1) is 0 Å². The van der Waals surface area contributed by atoms with E-state index in [1.165, 1.54) is 0 Å². The van der Waals surface area contributed by atoms with E-state index < -0.39 is 5.60 Å². The Hall–Kier alpha value is -1.59. The molecule has 2 rings (SSSR count). The fourth-order valence-electron chi connectivity index (χ4n) is 2.38. The lowest BCUT2D eigenvalue weighted by atomic mass is 9.93. The van der Waals surface area contributed by atoms with Crippen LogP contribution in [0.3, 0.4) is 0 Å². The first-order valence-corrected chi connectivity index (χ1v) is 6.74. The summed E-state index contributed by atoms with van der Waals surface area (Å²) in [5, 5.41) is 10.4. The van der Waals surface area contributed by atoms with Gasteiger partial charge in [0.2, 0.25) is 0 Å². The predicted molar refractivity (Wildman–Crippen MR) is 75.0 cm³/mol. The van der Waals surface area contributed by atoms with Crippen molar-refractivity contribution < 1.29 is 19.4 Å². The Morgan fingerprint density at radius 2 is 1.95 bits per heavy atom. The molecule has 0 atom stereocenters. The largest absolute Gasteiger partial charge is 0.497 e. The van der Waals surface area contributed by atoms with Gasteiger partial charge in [-0.25, -0.2) is 0 Å². The molecule has 1 aliphatic heterocycles. The van der Waals surface area contributed by atoms with E-state index in [4.69, 9.17) is 9.47 Å². The summed E-state index contributed by atoms with van der Waals surface area (Å²) in [6, 6.07) is 6.96. The van der Waals surface area contributed by atoms with E-state index in [-0.39, 0.29) is 5.91 Å². The van der Waals surface area contributed by atoms with Crippen molar-refractivity contribution in [1.82, 2.24) is 4.90 Å². The minimum absolute atomic E-state index is 0.104. The first-order valence-electron chi connectivity index (χ1n) is 6.74. The highest BCUT2D eigenvalue weighted by Crippen LogP contribution is 2.22. The number of carbonyl (C=O) groups is 1. The summed E-state index contributed by atoms with van der Waals surface area (Å²) >= 11 is 0. The molecule has 0 aromatic heterocycles. The molecular formula is C15H21NO4. The second-order valence-corrected chi connectivity index (χ2v) is 5.23. The molecule has 1 aromatic rings. The summed E-state index contributed by atoms with van der Waals surface area (Å²) in [4.78, 5) is 13.9. The molecule has 1 amide bonds. The minimum Gasteiger partial charge on any atom is -0.497 e. The molecule has 110 valence electrons. The van der Waals surface area contributed by atoms with Crippen molar-refractivity contribution in [3.63, 3.8) is 0 Å². The molecule has 0 bridgehead atoms. The van der Waals surface area contributed by atoms with Crippen LogP contribution in [-0.4, -0.2) is 55.4 Å². The molecular weight excluding hydrogens is 258 g/mol. The Morgan fingerprint density at radius 1 is 1.35 bits per heavy atom. The molecule has 5 nitrogen and oxygen atoms in total. The van der Waals surface area contributed by atoms with Crippen LogP contribution < -0.4 is 4.74 Å². The highest BCUT2D eigenvalue weighted by molar-refractivity contribution is 5.94. The maximum absolute atomic E-state index is 12.3. The summed E-state index contributed by atoms with van der Waals surface area (Å²) in [7, 11) is 3.30. The number of nitrogens with zero attached hydrogens (tertiary/aromatic N) is 1. The van der Waals surface area contributed by atoms with Crippen molar-refractivity contribution in [1.29, 1.82) is 0 Å². The Morgan fingerprint density at radius 3 is 2.50 bits per heavy atom. The fraction of sp³-hybridized carbons (Fsp3) is 0.533. The molecule has 1 saturated heterocycles. The summed E-state index contributed by atoms with van der Waals surface area (Å²) in [6.07, 6.45) is 1.13. The lowest BCUT2D eigenvalue weighted by molar-refractivity contribution is -0.0734. The average Bonchev–Trinajstić information content (AvgIpc) is 2.47. The molecule has 5 heteroatoms. The molecule has 20 heavy (non-hydrogen) atoms. The average molecular weight is 279 g/mol. The molecule has 1 fully saturated rings. The Bertz CT molecular complexity index is 451. The van der Waals surface area contributed by atoms with Crippen molar-refractivity contribution in [3.8, 4) is 5.75 Å². The standard InChI is InChI=1S/C15H21NO4/c1-16(11-15(18)7-9-20-10-8-15)14(17)12-3-5-13(19-2)6-4-12/h3-6,18H,7-11H2,1-2H3. The van der Waals surface area contributed by atoms with E-state index in [1.807, 2.05) is 0 Å². The lowest BCUT2D eigenvalue weighted by Crippen LogP contribution is -2.47. The number of methoxy groups -OCH3 is 1. The maximum Gasteiger partial charge on any atom is 0.253 e. The number of aliphatic hydroxyl groups is 1. The van der Waals surface area contributed by atoms with E-state index in [1.54, 1.807) is 43.3 Å². The second kappa shape index (κ2) is 6.24. The van der Waals surface area contributed by atoms with Gasteiger partial charge in [-0.15, -0.1) is 0 Å². The van der Waals surface area contributed by atoms with E-state index in [0.29, 0.717) is 43.9 Å². The first-order chi connectivity index (χ1) is 9.54. The molecule has 0 aliphatic carbocycles. The molecule has 0 unspecified atom stereocenters. The van der Waals surface area contributed by atoms with Gasteiger partial charge in [-0.1, -0.05) is 0 Å². The van der Waals surface area contributed by atoms with Gasteiger partial charge in [-0.2, -0.15) is 0 Å². The van der Waals surface area contributed by atoms with Crippen molar-refractivity contribution >= 4 is 5.91 Å². The minimum atomic E-state index is -0.838. The summed E-state index contributed by atoms with van der Waals surface area (Å²) in [5.74, 6) is 0.611. The van der Waals surface area contributed by atoms with Crippen LogP contribution in [0.5, 0.6) is 5.75 Å². The van der Waals surface area contributed by atoms with Crippen LogP contribution in [0.2, 0.25) is 0 Å². The van der Waals surface area contributed by atoms with Crippen molar-refractivity contribution in [2.24, 2.45) is 0 Å². The van der Waals surface area contributed by atoms with Gasteiger partial charge in [0.25, 0.3) is 5.91 Å². The van der Waals surface area contributed by atoms with Gasteiger partial charge in [-0.05, 0) is 24.3 Å². The van der Waals surface area contributed by atoms with Crippen LogP contribution in [0.4, 0.5) is 0 Å². The maximum atomic E-state index is 12.3. The zero-order valence-corrected chi connectivity index (χ0v) is 12.0. The Kier molecular flexibility index (Phi) is 4.62. The summed E-state index contributed by atoms with van der Waals surface area (Å²) in [6.45, 7) is 1.41. The topological polar surface area (TPSA) is 59.0 Å². The lowest BCUT2D eigenvalue weighted by Gasteiger charge is -2.35. The van der Waals surface area contributed by atoms with Gasteiger partial charge >= 0.3 is 0 Å². The third-order valence-electron chi connectivity index (χ3n) is 3.64. The molecule has 0 spiro atoms. The van der Waals surface area contributed by atoms with Gasteiger partial charge in [-0.3, -0.25) is 4.79 Å². The van der Waals surface area contributed by atoms with E-state index >= 15 is 0 Å². The number of rotatable bonds is 4. The van der Waals surface area contributed by atoms with Crippen LogP contribution >= 0.6 is 0 Å². The molecule has 1 aliphatic rings. The van der Waals surface area contributed by atoms with Crippen LogP contribution in [0.25, 0.3) is 0 Å². The van der Waals surface area contributed by atoms with Crippen LogP contribution in [0.1, 0.15) is 23.2 Å². The monoisotopic (exact) mass is 279 g/mol. The fourth-order valence-corrected chi connectivity index (χ4v) is 2.38. The number of hydrogen-bond donors (Lipinski definition) is 1. The molecule has 1 aromatic carbocycles. The number of ether oxygens (including phenoxy) is 2. The second-order valence-electron chi connectivity index (χ2n) is 5.23. The number of amides is 1. The van der Waals surface area contributed by atoms with Gasteiger partial charge in [0.1, 0.15) is 5.75 Å². The normalized spacial score (nSPS) is 17.6. The summed E-state index contributed by atoms with van der Waals surface area (Å²) < 4.78 is 10.3. The SMILES string of the molecule is COc1ccc(C(=O)N(C)CC2(O)CCOCC2)cc1. The molecule has 1 heterocycles. The van der Waals surface area contributed by atoms with E-state index in [0.717, 1.165) is 0 Å². The zero-order valence-electron chi connectivity index (χ0n) is 12.0. The zero-order chi connectivity index (χ0) is 14.6. The van der Waals surface area contributed by atoms with Crippen molar-refractivity contribution in [2.45, 2.75) is 18.4 Å². The van der Waals surface area contributed by atoms with Crippen LogP contribution in [0.15, 0.2) is 24.3 Å². The smallest absolute Gasteiger partial charge is 0.253 e. The Labute approximate surface area is 119 Å². The number of hydrogen-bond acceptors (Lipinski definition) is 4. The quantitative estimate of drug-likeness (QED) is 0.903. The highest BCUT2D eigenvalue weighted by Gasteiger charge is 2.32. The van der Waals surface area contributed by atoms with Crippen LogP contribution in [-0.2, 0) is 4.74 Å². The molecule has 1 N–H and O–H groups in total. The molecule has 0 radical (unpaired) electrons. The van der Waals surface area contributed by atoms with Gasteiger partial charge < -0.3 is 19.5 Å². The van der Waals surface area contributed by atoms with Gasteiger partial charge in [0.15, 0.2) is 0 Å². The predicted octanol–water partition coefficient (Wildman–Crippen LogP) is 1.31. The van der Waals surface area contributed by atoms with Gasteiger partial charge in [0.05, 0.1) is 12.7 Å². The van der Waals surface area contributed by atoms with Crippen molar-refractivity contribution in [2.75, 3.05) is 33.9 Å². The third kappa shape index (κ3) is 3.49. The number of carbonyl (C=O) groups excluding carboxylic acids is 1. The third-order valence-corrected chi connectivity index (χ3v) is 3.64. The highest BCUT2D eigenvalue weighted by atomic mass is 16.5.